The molecule has 152 valence electrons. The molecule has 0 unspecified atom stereocenters. The van der Waals surface area contributed by atoms with Gasteiger partial charge in [-0.15, -0.1) is 0 Å². The summed E-state index contributed by atoms with van der Waals surface area (Å²) in [6.07, 6.45) is 1.68. The molecule has 28 heavy (non-hydrogen) atoms. The average molecular weight is 447 g/mol. The summed E-state index contributed by atoms with van der Waals surface area (Å²) in [5.74, 6) is -1.64. The zero-order valence-corrected chi connectivity index (χ0v) is 17.7. The van der Waals surface area contributed by atoms with E-state index >= 15 is 0 Å². The van der Waals surface area contributed by atoms with E-state index in [4.69, 9.17) is 23.2 Å². The highest BCUT2D eigenvalue weighted by Gasteiger charge is 2.29. The van der Waals surface area contributed by atoms with Gasteiger partial charge in [0.25, 0.3) is 11.8 Å². The SMILES string of the molecule is CC(C)[C@@H](NS(=O)(=O)c1ccc(Cl)c(Cl)c1)C(=O)NNC(=O)c1cccn1C. The van der Waals surface area contributed by atoms with Crippen molar-refractivity contribution >= 4 is 45.0 Å². The van der Waals surface area contributed by atoms with Gasteiger partial charge >= 0.3 is 0 Å². The number of benzene rings is 1. The van der Waals surface area contributed by atoms with E-state index in [2.05, 4.69) is 15.6 Å². The van der Waals surface area contributed by atoms with Gasteiger partial charge < -0.3 is 4.57 Å². The first-order chi connectivity index (χ1) is 13.0. The lowest BCUT2D eigenvalue weighted by molar-refractivity contribution is -0.124. The molecule has 1 atom stereocenters. The molecule has 0 radical (unpaired) electrons. The standard InChI is InChI=1S/C17H20Cl2N4O4S/c1-10(2)15(17(25)21-20-16(24)14-5-4-8-23(14)3)22-28(26,27)11-6-7-12(18)13(19)9-11/h4-10,15,22H,1-3H3,(H,20,24)(H,21,25)/t15-/m1/s1. The van der Waals surface area contributed by atoms with Gasteiger partial charge in [0.2, 0.25) is 10.0 Å². The quantitative estimate of drug-likeness (QED) is 0.590. The summed E-state index contributed by atoms with van der Waals surface area (Å²) in [7, 11) is -2.37. The maximum absolute atomic E-state index is 12.6. The topological polar surface area (TPSA) is 109 Å². The summed E-state index contributed by atoms with van der Waals surface area (Å²) in [4.78, 5) is 24.4. The molecule has 3 N–H and O–H groups in total. The first-order valence-corrected chi connectivity index (χ1v) is 10.5. The first kappa shape index (κ1) is 22.2. The number of amides is 2. The average Bonchev–Trinajstić information content (AvgIpc) is 3.05. The Labute approximate surface area is 173 Å². The number of carbonyl (C=O) groups excluding carboxylic acids is 2. The smallest absolute Gasteiger partial charge is 0.286 e. The van der Waals surface area contributed by atoms with Crippen LogP contribution >= 0.6 is 23.2 Å². The van der Waals surface area contributed by atoms with Gasteiger partial charge in [-0.05, 0) is 36.2 Å². The number of hydrogen-bond donors (Lipinski definition) is 3. The van der Waals surface area contributed by atoms with Crippen LogP contribution in [0.4, 0.5) is 0 Å². The Morgan fingerprint density at radius 1 is 1.07 bits per heavy atom. The van der Waals surface area contributed by atoms with Crippen LogP contribution in [0.25, 0.3) is 0 Å². The van der Waals surface area contributed by atoms with Crippen LogP contribution < -0.4 is 15.6 Å². The second kappa shape index (κ2) is 8.95. The van der Waals surface area contributed by atoms with E-state index in [-0.39, 0.29) is 14.9 Å². The molecule has 0 aliphatic carbocycles. The molecular weight excluding hydrogens is 427 g/mol. The highest BCUT2D eigenvalue weighted by Crippen LogP contribution is 2.25. The Balaban J connectivity index is 2.11. The number of hydrazine groups is 1. The number of hydrogen-bond acceptors (Lipinski definition) is 4. The molecule has 0 aliphatic heterocycles. The maximum Gasteiger partial charge on any atom is 0.286 e. The van der Waals surface area contributed by atoms with Crippen LogP contribution in [0.15, 0.2) is 41.4 Å². The Morgan fingerprint density at radius 3 is 2.29 bits per heavy atom. The predicted molar refractivity (Wildman–Crippen MR) is 106 cm³/mol. The van der Waals surface area contributed by atoms with Gasteiger partial charge in [0, 0.05) is 13.2 Å². The molecule has 0 fully saturated rings. The van der Waals surface area contributed by atoms with Gasteiger partial charge in [-0.25, -0.2) is 8.42 Å². The molecule has 0 aliphatic rings. The number of sulfonamides is 1. The lowest BCUT2D eigenvalue weighted by Crippen LogP contribution is -2.54. The Bertz CT molecular complexity index is 989. The summed E-state index contributed by atoms with van der Waals surface area (Å²) in [6, 6.07) is 5.95. The van der Waals surface area contributed by atoms with E-state index in [1.807, 2.05) is 0 Å². The molecule has 2 rings (SSSR count). The van der Waals surface area contributed by atoms with E-state index in [0.29, 0.717) is 5.69 Å². The molecule has 2 amide bonds. The third-order valence-electron chi connectivity index (χ3n) is 3.91. The number of nitrogens with zero attached hydrogens (tertiary/aromatic N) is 1. The van der Waals surface area contributed by atoms with Gasteiger partial charge in [0.05, 0.1) is 14.9 Å². The Morgan fingerprint density at radius 2 is 1.75 bits per heavy atom. The predicted octanol–water partition coefficient (Wildman–Crippen LogP) is 2.10. The highest BCUT2D eigenvalue weighted by molar-refractivity contribution is 7.89. The van der Waals surface area contributed by atoms with Crippen molar-refractivity contribution in [2.75, 3.05) is 0 Å². The summed E-state index contributed by atoms with van der Waals surface area (Å²) < 4.78 is 29.1. The van der Waals surface area contributed by atoms with Gasteiger partial charge in [0.15, 0.2) is 0 Å². The third-order valence-corrected chi connectivity index (χ3v) is 6.09. The highest BCUT2D eigenvalue weighted by atomic mass is 35.5. The van der Waals surface area contributed by atoms with Crippen LogP contribution in [0.1, 0.15) is 24.3 Å². The number of rotatable bonds is 6. The van der Waals surface area contributed by atoms with E-state index in [9.17, 15) is 18.0 Å². The second-order valence-electron chi connectivity index (χ2n) is 6.37. The van der Waals surface area contributed by atoms with E-state index in [0.717, 1.165) is 0 Å². The van der Waals surface area contributed by atoms with Crippen molar-refractivity contribution in [1.82, 2.24) is 20.1 Å². The van der Waals surface area contributed by atoms with Crippen LogP contribution in [-0.4, -0.2) is 30.8 Å². The Hall–Kier alpha value is -2.07. The number of aromatic nitrogens is 1. The van der Waals surface area contributed by atoms with Crippen molar-refractivity contribution in [2.24, 2.45) is 13.0 Å². The van der Waals surface area contributed by atoms with Crippen LogP contribution in [0.2, 0.25) is 10.0 Å². The lowest BCUT2D eigenvalue weighted by Gasteiger charge is -2.22. The molecule has 0 saturated carbocycles. The van der Waals surface area contributed by atoms with Crippen LogP contribution in [0.5, 0.6) is 0 Å². The second-order valence-corrected chi connectivity index (χ2v) is 8.89. The molecule has 1 heterocycles. The minimum absolute atomic E-state index is 0.0740. The van der Waals surface area contributed by atoms with Gasteiger partial charge in [-0.2, -0.15) is 4.72 Å². The fraction of sp³-hybridized carbons (Fsp3) is 0.294. The monoisotopic (exact) mass is 446 g/mol. The molecular formula is C17H20Cl2N4O4S. The van der Waals surface area contributed by atoms with Crippen LogP contribution in [0, 0.1) is 5.92 Å². The molecule has 0 spiro atoms. The summed E-state index contributed by atoms with van der Waals surface area (Å²) in [5.41, 5.74) is 4.85. The van der Waals surface area contributed by atoms with Crippen LogP contribution in [-0.2, 0) is 21.9 Å². The number of halogens is 2. The molecule has 11 heteroatoms. The number of nitrogens with one attached hydrogen (secondary N) is 3. The molecule has 0 saturated heterocycles. The molecule has 8 nitrogen and oxygen atoms in total. The van der Waals surface area contributed by atoms with Crippen LogP contribution in [0.3, 0.4) is 0 Å². The normalized spacial score (nSPS) is 12.6. The number of aryl methyl sites for hydroxylation is 1. The van der Waals surface area contributed by atoms with Crippen molar-refractivity contribution in [3.8, 4) is 0 Å². The maximum atomic E-state index is 12.6. The third kappa shape index (κ3) is 5.26. The molecule has 1 aromatic carbocycles. The van der Waals surface area contributed by atoms with Gasteiger partial charge in [-0.3, -0.25) is 20.4 Å². The Kier molecular flexibility index (Phi) is 7.11. The summed E-state index contributed by atoms with van der Waals surface area (Å²) >= 11 is 11.7. The summed E-state index contributed by atoms with van der Waals surface area (Å²) in [5, 5.41) is 0.284. The van der Waals surface area contributed by atoms with Crippen molar-refractivity contribution in [3.05, 3.63) is 52.3 Å². The van der Waals surface area contributed by atoms with Crippen molar-refractivity contribution in [2.45, 2.75) is 24.8 Å². The van der Waals surface area contributed by atoms with Crippen molar-refractivity contribution in [1.29, 1.82) is 0 Å². The molecule has 2 aromatic rings. The zero-order chi connectivity index (χ0) is 21.1. The van der Waals surface area contributed by atoms with E-state index in [1.165, 1.54) is 18.2 Å². The van der Waals surface area contributed by atoms with Gasteiger partial charge in [-0.1, -0.05) is 37.0 Å². The number of carbonyl (C=O) groups is 2. The fourth-order valence-corrected chi connectivity index (χ4v) is 4.06. The van der Waals surface area contributed by atoms with Crippen molar-refractivity contribution in [3.63, 3.8) is 0 Å². The minimum atomic E-state index is -4.05. The van der Waals surface area contributed by atoms with E-state index < -0.39 is 33.8 Å². The first-order valence-electron chi connectivity index (χ1n) is 8.22. The molecule has 1 aromatic heterocycles. The molecule has 0 bridgehead atoms. The summed E-state index contributed by atoms with van der Waals surface area (Å²) in [6.45, 7) is 3.33. The van der Waals surface area contributed by atoms with Gasteiger partial charge in [0.1, 0.15) is 11.7 Å². The van der Waals surface area contributed by atoms with E-state index in [1.54, 1.807) is 43.8 Å². The largest absolute Gasteiger partial charge is 0.347 e. The zero-order valence-electron chi connectivity index (χ0n) is 15.4. The lowest BCUT2D eigenvalue weighted by atomic mass is 10.1. The minimum Gasteiger partial charge on any atom is -0.347 e. The fourth-order valence-electron chi connectivity index (χ4n) is 2.33. The van der Waals surface area contributed by atoms with Crippen molar-refractivity contribution < 1.29 is 18.0 Å².